The van der Waals surface area contributed by atoms with Crippen LogP contribution in [0.1, 0.15) is 31.9 Å². The standard InChI is InChI=1S/C18H24N2O4/c1-18(2,3)15(16(22)23)20-17(24)19-14(10-21)13-8-11-6-4-5-7-12(11)9-13/h4-7,10,13-15H,8-9H2,1-3H3,(H,22,23)(H2,19,20,24). The fraction of sp³-hybridized carbons (Fsp3) is 0.500. The Labute approximate surface area is 141 Å². The van der Waals surface area contributed by atoms with E-state index in [1.165, 1.54) is 11.1 Å². The number of carboxylic acid groups (broad SMARTS) is 1. The summed E-state index contributed by atoms with van der Waals surface area (Å²) in [5.74, 6) is -1.11. The summed E-state index contributed by atoms with van der Waals surface area (Å²) >= 11 is 0. The molecule has 0 aliphatic heterocycles. The number of hydrogen-bond donors (Lipinski definition) is 3. The van der Waals surface area contributed by atoms with Crippen LogP contribution in [0.25, 0.3) is 0 Å². The zero-order valence-corrected chi connectivity index (χ0v) is 14.2. The van der Waals surface area contributed by atoms with Gasteiger partial charge in [0.15, 0.2) is 0 Å². The molecule has 2 unspecified atom stereocenters. The molecule has 3 N–H and O–H groups in total. The van der Waals surface area contributed by atoms with Crippen molar-refractivity contribution in [2.24, 2.45) is 11.3 Å². The maximum absolute atomic E-state index is 12.2. The number of nitrogens with one attached hydrogen (secondary N) is 2. The molecule has 0 saturated carbocycles. The van der Waals surface area contributed by atoms with Crippen molar-refractivity contribution in [2.45, 2.75) is 45.7 Å². The highest BCUT2D eigenvalue weighted by atomic mass is 16.4. The monoisotopic (exact) mass is 332 g/mol. The minimum atomic E-state index is -1.10. The van der Waals surface area contributed by atoms with E-state index in [0.29, 0.717) is 0 Å². The highest BCUT2D eigenvalue weighted by Crippen LogP contribution is 2.28. The van der Waals surface area contributed by atoms with E-state index in [4.69, 9.17) is 0 Å². The van der Waals surface area contributed by atoms with Crippen molar-refractivity contribution < 1.29 is 19.5 Å². The summed E-state index contributed by atoms with van der Waals surface area (Å²) in [4.78, 5) is 34.9. The Hall–Kier alpha value is -2.37. The first kappa shape index (κ1) is 18.0. The summed E-state index contributed by atoms with van der Waals surface area (Å²) < 4.78 is 0. The smallest absolute Gasteiger partial charge is 0.326 e. The topological polar surface area (TPSA) is 95.5 Å². The minimum Gasteiger partial charge on any atom is -0.480 e. The van der Waals surface area contributed by atoms with Crippen molar-refractivity contribution in [3.05, 3.63) is 35.4 Å². The first-order valence-electron chi connectivity index (χ1n) is 8.04. The largest absolute Gasteiger partial charge is 0.480 e. The number of rotatable bonds is 5. The molecule has 1 aliphatic rings. The molecule has 0 radical (unpaired) electrons. The van der Waals surface area contributed by atoms with E-state index in [1.807, 2.05) is 24.3 Å². The lowest BCUT2D eigenvalue weighted by molar-refractivity contribution is -0.141. The van der Waals surface area contributed by atoms with Crippen molar-refractivity contribution >= 4 is 18.3 Å². The first-order valence-corrected chi connectivity index (χ1v) is 8.04. The molecule has 130 valence electrons. The van der Waals surface area contributed by atoms with Gasteiger partial charge in [0.25, 0.3) is 0 Å². The van der Waals surface area contributed by atoms with Gasteiger partial charge in [-0.05, 0) is 35.3 Å². The van der Waals surface area contributed by atoms with E-state index in [0.717, 1.165) is 19.1 Å². The Kier molecular flexibility index (Phi) is 5.26. The number of benzene rings is 1. The maximum Gasteiger partial charge on any atom is 0.326 e. The summed E-state index contributed by atoms with van der Waals surface area (Å²) in [5, 5.41) is 14.3. The number of urea groups is 1. The molecule has 1 aromatic carbocycles. The van der Waals surface area contributed by atoms with E-state index in [-0.39, 0.29) is 5.92 Å². The normalized spacial score (nSPS) is 16.8. The second kappa shape index (κ2) is 7.03. The van der Waals surface area contributed by atoms with Crippen LogP contribution in [-0.4, -0.2) is 35.5 Å². The Morgan fingerprint density at radius 1 is 1.17 bits per heavy atom. The summed E-state index contributed by atoms with van der Waals surface area (Å²) in [6, 6.07) is 5.65. The number of amides is 2. The zero-order chi connectivity index (χ0) is 17.9. The van der Waals surface area contributed by atoms with E-state index < -0.39 is 29.5 Å². The number of hydrogen-bond acceptors (Lipinski definition) is 3. The molecule has 0 spiro atoms. The summed E-state index contributed by atoms with van der Waals surface area (Å²) in [7, 11) is 0. The van der Waals surface area contributed by atoms with E-state index in [1.54, 1.807) is 20.8 Å². The number of carbonyl (C=O) groups excluding carboxylic acids is 2. The van der Waals surface area contributed by atoms with E-state index >= 15 is 0 Å². The van der Waals surface area contributed by atoms with Crippen LogP contribution in [0.15, 0.2) is 24.3 Å². The molecular weight excluding hydrogens is 308 g/mol. The quantitative estimate of drug-likeness (QED) is 0.716. The number of carboxylic acids is 1. The van der Waals surface area contributed by atoms with Gasteiger partial charge in [0.1, 0.15) is 12.3 Å². The molecule has 0 bridgehead atoms. The number of aldehydes is 1. The molecule has 2 atom stereocenters. The van der Waals surface area contributed by atoms with Gasteiger partial charge in [0.2, 0.25) is 0 Å². The van der Waals surface area contributed by atoms with Gasteiger partial charge in [0.05, 0.1) is 6.04 Å². The molecule has 0 aromatic heterocycles. The van der Waals surface area contributed by atoms with Crippen molar-refractivity contribution in [1.29, 1.82) is 0 Å². The highest BCUT2D eigenvalue weighted by molar-refractivity contribution is 5.84. The lowest BCUT2D eigenvalue weighted by Gasteiger charge is -2.29. The number of fused-ring (bicyclic) bond motifs is 1. The lowest BCUT2D eigenvalue weighted by Crippen LogP contribution is -2.55. The fourth-order valence-electron chi connectivity index (χ4n) is 3.08. The van der Waals surface area contributed by atoms with Crippen LogP contribution in [0.5, 0.6) is 0 Å². The molecular formula is C18H24N2O4. The van der Waals surface area contributed by atoms with Gasteiger partial charge in [-0.3, -0.25) is 0 Å². The van der Waals surface area contributed by atoms with Crippen LogP contribution < -0.4 is 10.6 Å². The summed E-state index contributed by atoms with van der Waals surface area (Å²) in [6.45, 7) is 5.20. The zero-order valence-electron chi connectivity index (χ0n) is 14.2. The summed E-state index contributed by atoms with van der Waals surface area (Å²) in [6.07, 6.45) is 2.17. The molecule has 1 aromatic rings. The van der Waals surface area contributed by atoms with Crippen molar-refractivity contribution in [3.63, 3.8) is 0 Å². The Bertz CT molecular complexity index is 611. The molecule has 0 fully saturated rings. The SMILES string of the molecule is CC(C)(C)C(NC(=O)NC(C=O)C1Cc2ccccc2C1)C(=O)O. The first-order chi connectivity index (χ1) is 11.2. The molecule has 24 heavy (non-hydrogen) atoms. The lowest BCUT2D eigenvalue weighted by atomic mass is 9.87. The van der Waals surface area contributed by atoms with Crippen LogP contribution in [0.2, 0.25) is 0 Å². The third-order valence-electron chi connectivity index (χ3n) is 4.42. The predicted molar refractivity (Wildman–Crippen MR) is 89.7 cm³/mol. The third kappa shape index (κ3) is 4.13. The average Bonchev–Trinajstić information content (AvgIpc) is 2.92. The molecule has 6 nitrogen and oxygen atoms in total. The van der Waals surface area contributed by atoms with Crippen LogP contribution in [0.3, 0.4) is 0 Å². The molecule has 0 heterocycles. The Morgan fingerprint density at radius 3 is 2.12 bits per heavy atom. The Morgan fingerprint density at radius 2 is 1.71 bits per heavy atom. The highest BCUT2D eigenvalue weighted by Gasteiger charge is 2.34. The van der Waals surface area contributed by atoms with Gasteiger partial charge < -0.3 is 20.5 Å². The van der Waals surface area contributed by atoms with Gasteiger partial charge in [-0.15, -0.1) is 0 Å². The fourth-order valence-corrected chi connectivity index (χ4v) is 3.08. The number of carbonyl (C=O) groups is 3. The van der Waals surface area contributed by atoms with Crippen molar-refractivity contribution in [3.8, 4) is 0 Å². The molecule has 2 amide bonds. The second-order valence-electron chi connectivity index (χ2n) is 7.35. The van der Waals surface area contributed by atoms with E-state index in [9.17, 15) is 19.5 Å². The third-order valence-corrected chi connectivity index (χ3v) is 4.42. The average molecular weight is 332 g/mol. The minimum absolute atomic E-state index is 0.0106. The molecule has 6 heteroatoms. The van der Waals surface area contributed by atoms with Crippen LogP contribution in [-0.2, 0) is 22.4 Å². The van der Waals surface area contributed by atoms with Crippen molar-refractivity contribution in [2.75, 3.05) is 0 Å². The maximum atomic E-state index is 12.2. The van der Waals surface area contributed by atoms with E-state index in [2.05, 4.69) is 10.6 Å². The van der Waals surface area contributed by atoms with Crippen LogP contribution in [0.4, 0.5) is 4.79 Å². The second-order valence-corrected chi connectivity index (χ2v) is 7.35. The molecule has 0 saturated heterocycles. The molecule has 1 aliphatic carbocycles. The Balaban J connectivity index is 1.99. The van der Waals surface area contributed by atoms with Gasteiger partial charge >= 0.3 is 12.0 Å². The van der Waals surface area contributed by atoms with Gasteiger partial charge in [-0.2, -0.15) is 0 Å². The van der Waals surface area contributed by atoms with Crippen molar-refractivity contribution in [1.82, 2.24) is 10.6 Å². The number of aliphatic carboxylic acids is 1. The summed E-state index contributed by atoms with van der Waals surface area (Å²) in [5.41, 5.74) is 1.74. The predicted octanol–water partition coefficient (Wildman–Crippen LogP) is 1.77. The van der Waals surface area contributed by atoms with Crippen LogP contribution >= 0.6 is 0 Å². The van der Waals surface area contributed by atoms with Crippen LogP contribution in [0, 0.1) is 11.3 Å². The van der Waals surface area contributed by atoms with Gasteiger partial charge in [0, 0.05) is 0 Å². The molecule has 2 rings (SSSR count). The van der Waals surface area contributed by atoms with Gasteiger partial charge in [-0.1, -0.05) is 45.0 Å². The van der Waals surface area contributed by atoms with Gasteiger partial charge in [-0.25, -0.2) is 9.59 Å².